The van der Waals surface area contributed by atoms with Crippen LogP contribution < -0.4 is 0 Å². The van der Waals surface area contributed by atoms with Crippen LogP contribution in [0.3, 0.4) is 0 Å². The topological polar surface area (TPSA) is 0 Å². The average Bonchev–Trinajstić information content (AvgIpc) is 1.14. The van der Waals surface area contributed by atoms with E-state index in [4.69, 9.17) is 0 Å². The van der Waals surface area contributed by atoms with Crippen LogP contribution in [0.2, 0.25) is 0 Å². The highest BCUT2D eigenvalue weighted by Gasteiger charge is 2.40. The molecule has 0 N–H and O–H groups in total. The molecule has 0 spiro atoms. The quantitative estimate of drug-likeness (QED) is 0.533. The lowest BCUT2D eigenvalue weighted by atomic mass is 10.8. The van der Waals surface area contributed by atoms with Crippen LogP contribution >= 0.6 is 11.2 Å². The van der Waals surface area contributed by atoms with E-state index < -0.39 is 23.1 Å². The van der Waals surface area contributed by atoms with Crippen molar-refractivity contribution in [2.45, 2.75) is 6.18 Å². The normalized spacial score (nSPS) is 15.8. The summed E-state index contributed by atoms with van der Waals surface area (Å²) in [5.74, 6) is -2.62. The molecule has 0 aromatic carbocycles. The van der Waals surface area contributed by atoms with Gasteiger partial charge in [0.1, 0.15) is 0 Å². The first-order valence-electron chi connectivity index (χ1n) is 1.67. The first kappa shape index (κ1) is 8.93. The van der Waals surface area contributed by atoms with Crippen LogP contribution in [0.1, 0.15) is 0 Å². The van der Waals surface area contributed by atoms with Gasteiger partial charge >= 0.3 is 6.18 Å². The number of alkyl halides is 3. The molecule has 0 fully saturated rings. The number of hydrogen-bond donors (Lipinski definition) is 0. The summed E-state index contributed by atoms with van der Waals surface area (Å²) in [6.45, 7) is 0. The van der Waals surface area contributed by atoms with E-state index in [1.807, 2.05) is 0 Å². The fourth-order valence-electron chi connectivity index (χ4n) is 0.186. The Kier molecular flexibility index (Phi) is 2.26. The van der Waals surface area contributed by atoms with Crippen molar-refractivity contribution in [3.8, 4) is 0 Å². The molecule has 58 valence electrons. The molecule has 0 bridgehead atoms. The van der Waals surface area contributed by atoms with E-state index in [0.29, 0.717) is 0 Å². The van der Waals surface area contributed by atoms with E-state index >= 15 is 0 Å². The lowest BCUT2D eigenvalue weighted by Gasteiger charge is -2.11. The molecule has 0 aromatic rings. The van der Waals surface area contributed by atoms with Gasteiger partial charge in [0.05, 0.1) is 0 Å². The predicted molar refractivity (Wildman–Crippen MR) is 21.8 cm³/mol. The Hall–Kier alpha value is -0.0700. The minimum atomic E-state index is -5.91. The molecular weight excluding hydrogens is 170 g/mol. The van der Waals surface area contributed by atoms with Crippen LogP contribution in [0.5, 0.6) is 0 Å². The van der Waals surface area contributed by atoms with Crippen LogP contribution in [-0.2, 0) is 0 Å². The third kappa shape index (κ3) is 7.93. The maximum Gasteiger partial charge on any atom is 0.403 e. The average molecular weight is 172 g/mol. The van der Waals surface area contributed by atoms with Gasteiger partial charge in [-0.2, -0.15) is 13.2 Å². The van der Waals surface area contributed by atoms with Gasteiger partial charge in [-0.25, -0.2) is 0 Å². The Morgan fingerprint density at radius 1 is 1.00 bits per heavy atom. The Labute approximate surface area is 49.0 Å². The Morgan fingerprint density at radius 2 is 1.33 bits per heavy atom. The first-order chi connectivity index (χ1) is 3.71. The SMILES string of the molecule is FC(F)(F)CS(F)(F)F. The highest BCUT2D eigenvalue weighted by molar-refractivity contribution is 8.20. The monoisotopic (exact) mass is 172 g/mol. The molecule has 0 aliphatic carbocycles. The molecule has 0 radical (unpaired) electrons. The smallest absolute Gasteiger partial charge is 0.170 e. The van der Waals surface area contributed by atoms with E-state index in [9.17, 15) is 24.8 Å². The Balaban J connectivity index is 3.75. The molecule has 0 unspecified atom stereocenters. The summed E-state index contributed by atoms with van der Waals surface area (Å²) in [7, 11) is 0. The van der Waals surface area contributed by atoms with Crippen molar-refractivity contribution in [3.63, 3.8) is 0 Å². The van der Waals surface area contributed by atoms with Crippen molar-refractivity contribution in [3.05, 3.63) is 0 Å². The summed E-state index contributed by atoms with van der Waals surface area (Å²) >= 11 is -5.91. The third-order valence-electron chi connectivity index (χ3n) is 0.327. The maximum absolute atomic E-state index is 10.9. The van der Waals surface area contributed by atoms with Crippen LogP contribution in [0.25, 0.3) is 0 Å². The van der Waals surface area contributed by atoms with Gasteiger partial charge in [-0.05, 0) is 0 Å². The van der Waals surface area contributed by atoms with E-state index in [1.54, 1.807) is 0 Å². The molecule has 0 nitrogen and oxygen atoms in total. The summed E-state index contributed by atoms with van der Waals surface area (Å²) in [5, 5.41) is 0. The Bertz CT molecular complexity index is 76.2. The molecule has 0 aliphatic heterocycles. The summed E-state index contributed by atoms with van der Waals surface area (Å²) in [6, 6.07) is 0. The second-order valence-electron chi connectivity index (χ2n) is 1.26. The Morgan fingerprint density at radius 3 is 1.33 bits per heavy atom. The predicted octanol–water partition coefficient (Wildman–Crippen LogP) is 3.01. The van der Waals surface area contributed by atoms with E-state index in [2.05, 4.69) is 0 Å². The maximum atomic E-state index is 10.9. The molecule has 0 heterocycles. The summed E-state index contributed by atoms with van der Waals surface area (Å²) in [6.07, 6.45) is -5.10. The lowest BCUT2D eigenvalue weighted by molar-refractivity contribution is -0.107. The molecular formula is C2H2F6S. The summed E-state index contributed by atoms with van der Waals surface area (Å²) in [4.78, 5) is 0. The zero-order chi connectivity index (χ0) is 7.71. The molecule has 0 saturated heterocycles. The number of rotatable bonds is 1. The second kappa shape index (κ2) is 2.28. The standard InChI is InChI=1S/C2H2F6S/c3-2(4,5)1-9(6,7)8/h1H2. The van der Waals surface area contributed by atoms with Gasteiger partial charge in [0.25, 0.3) is 0 Å². The van der Waals surface area contributed by atoms with Crippen LogP contribution in [0, 0.1) is 0 Å². The fourth-order valence-corrected chi connectivity index (χ4v) is 0.557. The largest absolute Gasteiger partial charge is 0.403 e. The first-order valence-corrected chi connectivity index (χ1v) is 3.18. The molecule has 7 heteroatoms. The third-order valence-corrected chi connectivity index (χ3v) is 0.982. The van der Waals surface area contributed by atoms with Crippen molar-refractivity contribution in [1.29, 1.82) is 0 Å². The zero-order valence-electron chi connectivity index (χ0n) is 3.88. The van der Waals surface area contributed by atoms with E-state index in [1.165, 1.54) is 0 Å². The molecule has 9 heavy (non-hydrogen) atoms. The second-order valence-corrected chi connectivity index (χ2v) is 2.56. The number of hydrogen-bond acceptors (Lipinski definition) is 0. The molecule has 0 saturated carbocycles. The highest BCUT2D eigenvalue weighted by atomic mass is 32.3. The van der Waals surface area contributed by atoms with Crippen molar-refractivity contribution < 1.29 is 24.8 Å². The van der Waals surface area contributed by atoms with Crippen LogP contribution in [0.15, 0.2) is 0 Å². The number of halogens is 6. The van der Waals surface area contributed by atoms with Gasteiger partial charge < -0.3 is 0 Å². The zero-order valence-corrected chi connectivity index (χ0v) is 4.70. The lowest BCUT2D eigenvalue weighted by Crippen LogP contribution is -2.14. The van der Waals surface area contributed by atoms with E-state index in [-0.39, 0.29) is 0 Å². The van der Waals surface area contributed by atoms with Gasteiger partial charge in [-0.1, -0.05) is 0 Å². The van der Waals surface area contributed by atoms with Gasteiger partial charge in [0.15, 0.2) is 5.75 Å². The van der Waals surface area contributed by atoms with Crippen molar-refractivity contribution in [2.75, 3.05) is 5.75 Å². The molecule has 0 atom stereocenters. The summed E-state index contributed by atoms with van der Waals surface area (Å²) in [5.41, 5.74) is 0. The van der Waals surface area contributed by atoms with Crippen molar-refractivity contribution in [2.24, 2.45) is 0 Å². The van der Waals surface area contributed by atoms with Gasteiger partial charge in [-0.15, -0.1) is 11.7 Å². The van der Waals surface area contributed by atoms with Gasteiger partial charge in [0, 0.05) is 0 Å². The molecule has 0 amide bonds. The molecule has 0 aromatic heterocycles. The fraction of sp³-hybridized carbons (Fsp3) is 1.00. The van der Waals surface area contributed by atoms with Gasteiger partial charge in [0.2, 0.25) is 11.2 Å². The highest BCUT2D eigenvalue weighted by Crippen LogP contribution is 2.56. The summed E-state index contributed by atoms with van der Waals surface area (Å²) < 4.78 is 65.3. The van der Waals surface area contributed by atoms with Crippen LogP contribution in [0.4, 0.5) is 24.8 Å². The van der Waals surface area contributed by atoms with Gasteiger partial charge in [-0.3, -0.25) is 0 Å². The van der Waals surface area contributed by atoms with E-state index in [0.717, 1.165) is 0 Å². The van der Waals surface area contributed by atoms with Crippen LogP contribution in [-0.4, -0.2) is 11.9 Å². The van der Waals surface area contributed by atoms with Crippen molar-refractivity contribution in [1.82, 2.24) is 0 Å². The minimum absolute atomic E-state index is 2.62. The van der Waals surface area contributed by atoms with Crippen molar-refractivity contribution >= 4 is 11.2 Å². The molecule has 0 aliphatic rings. The minimum Gasteiger partial charge on any atom is -0.170 e. The molecule has 0 rings (SSSR count).